The van der Waals surface area contributed by atoms with Crippen molar-refractivity contribution in [3.63, 3.8) is 0 Å². The number of ether oxygens (including phenoxy) is 1. The molecular weight excluding hydrogens is 514 g/mol. The third-order valence-electron chi connectivity index (χ3n) is 7.10. The second-order valence-corrected chi connectivity index (χ2v) is 12.6. The minimum absolute atomic E-state index is 0.0160. The molecule has 0 bridgehead atoms. The van der Waals surface area contributed by atoms with E-state index in [1.165, 1.54) is 4.90 Å². The maximum Gasteiger partial charge on any atom is 0.408 e. The van der Waals surface area contributed by atoms with Crippen molar-refractivity contribution in [3.8, 4) is 5.75 Å². The molecule has 3 N–H and O–H groups in total. The fraction of sp³-hybridized carbons (Fsp3) is 0.700. The first-order valence-electron chi connectivity index (χ1n) is 14.3. The number of amides is 3. The van der Waals surface area contributed by atoms with E-state index in [9.17, 15) is 19.5 Å². The molecule has 0 spiro atoms. The van der Waals surface area contributed by atoms with Crippen LogP contribution in [0.3, 0.4) is 0 Å². The fourth-order valence-electron chi connectivity index (χ4n) is 4.97. The van der Waals surface area contributed by atoms with Crippen LogP contribution in [0, 0.1) is 12.8 Å². The summed E-state index contributed by atoms with van der Waals surface area (Å²) in [5.74, 6) is -0.383. The number of carbonyl (C=O) groups excluding carboxylic acids is 3. The summed E-state index contributed by atoms with van der Waals surface area (Å²) in [5.41, 5.74) is 0.236. The average molecular weight is 564 g/mol. The molecule has 220 valence electrons. The zero-order valence-electron chi connectivity index (χ0n) is 24.8. The van der Waals surface area contributed by atoms with Gasteiger partial charge in [-0.1, -0.05) is 51.3 Å². The van der Waals surface area contributed by atoms with Gasteiger partial charge in [-0.15, -0.1) is 0 Å². The molecule has 39 heavy (non-hydrogen) atoms. The SMILES string of the molecule is Cc1cccc(C(C(=O)NC2CCCCC2)N(C(=O)C(CS)NC(=O)OC(C)(C)C)C(C)CCC(C)C)c1O. The number of benzene rings is 1. The second kappa shape index (κ2) is 14.8. The Labute approximate surface area is 240 Å². The van der Waals surface area contributed by atoms with E-state index in [1.807, 2.05) is 6.92 Å². The Bertz CT molecular complexity index is 972. The van der Waals surface area contributed by atoms with Crippen LogP contribution in [0.5, 0.6) is 5.75 Å². The summed E-state index contributed by atoms with van der Waals surface area (Å²) < 4.78 is 5.39. The first-order chi connectivity index (χ1) is 18.2. The predicted molar refractivity (Wildman–Crippen MR) is 158 cm³/mol. The van der Waals surface area contributed by atoms with Gasteiger partial charge in [-0.25, -0.2) is 4.79 Å². The molecule has 2 rings (SSSR count). The third kappa shape index (κ3) is 9.92. The van der Waals surface area contributed by atoms with Gasteiger partial charge in [0.05, 0.1) is 0 Å². The average Bonchev–Trinajstić information content (AvgIpc) is 2.85. The van der Waals surface area contributed by atoms with Crippen LogP contribution >= 0.6 is 12.6 Å². The Kier molecular flexibility index (Phi) is 12.5. The van der Waals surface area contributed by atoms with Gasteiger partial charge < -0.3 is 25.4 Å². The van der Waals surface area contributed by atoms with E-state index in [0.717, 1.165) is 38.5 Å². The summed E-state index contributed by atoms with van der Waals surface area (Å²) in [7, 11) is 0. The number of phenolic OH excluding ortho intramolecular Hbond substituents is 1. The molecule has 9 heteroatoms. The summed E-state index contributed by atoms with van der Waals surface area (Å²) in [6.45, 7) is 13.1. The number of carbonyl (C=O) groups is 3. The van der Waals surface area contributed by atoms with Crippen molar-refractivity contribution in [1.82, 2.24) is 15.5 Å². The Hall–Kier alpha value is -2.42. The number of aryl methyl sites for hydroxylation is 1. The molecule has 3 unspecified atom stereocenters. The van der Waals surface area contributed by atoms with Crippen LogP contribution in [0.25, 0.3) is 0 Å². The number of para-hydroxylation sites is 1. The molecule has 3 atom stereocenters. The fourth-order valence-corrected chi connectivity index (χ4v) is 5.22. The molecule has 0 heterocycles. The first kappa shape index (κ1) is 32.8. The van der Waals surface area contributed by atoms with Gasteiger partial charge in [0.2, 0.25) is 11.8 Å². The van der Waals surface area contributed by atoms with Crippen molar-refractivity contribution in [1.29, 1.82) is 0 Å². The van der Waals surface area contributed by atoms with Crippen LogP contribution in [-0.4, -0.2) is 57.4 Å². The Morgan fingerprint density at radius 1 is 1.10 bits per heavy atom. The minimum Gasteiger partial charge on any atom is -0.507 e. The molecule has 0 aliphatic heterocycles. The number of hydrogen-bond acceptors (Lipinski definition) is 6. The third-order valence-corrected chi connectivity index (χ3v) is 7.47. The number of nitrogens with zero attached hydrogens (tertiary/aromatic N) is 1. The van der Waals surface area contributed by atoms with E-state index in [0.29, 0.717) is 23.5 Å². The van der Waals surface area contributed by atoms with Crippen molar-refractivity contribution in [3.05, 3.63) is 29.3 Å². The van der Waals surface area contributed by atoms with Crippen molar-refractivity contribution in [2.45, 2.75) is 123 Å². The number of phenols is 1. The molecule has 1 aromatic carbocycles. The maximum absolute atomic E-state index is 14.2. The molecule has 0 saturated heterocycles. The molecule has 0 radical (unpaired) electrons. The van der Waals surface area contributed by atoms with Crippen molar-refractivity contribution >= 4 is 30.5 Å². The predicted octanol–water partition coefficient (Wildman–Crippen LogP) is 5.67. The van der Waals surface area contributed by atoms with Gasteiger partial charge in [0, 0.05) is 23.4 Å². The van der Waals surface area contributed by atoms with Crippen LogP contribution < -0.4 is 10.6 Å². The number of rotatable bonds is 11. The molecule has 1 saturated carbocycles. The quantitative estimate of drug-likeness (QED) is 0.260. The van der Waals surface area contributed by atoms with Gasteiger partial charge in [0.25, 0.3) is 0 Å². The van der Waals surface area contributed by atoms with E-state index in [2.05, 4.69) is 37.1 Å². The zero-order valence-corrected chi connectivity index (χ0v) is 25.6. The molecular formula is C30H49N3O5S. The standard InChI is InChI=1S/C30H49N3O5S/c1-19(2)16-17-21(4)33(28(36)24(18-39)32-29(37)38-30(5,6)7)25(23-15-11-12-20(3)26(23)34)27(35)31-22-13-9-8-10-14-22/h11-12,15,19,21-22,24-25,34,39H,8-10,13-14,16-18H2,1-7H3,(H,31,35)(H,32,37). The van der Waals surface area contributed by atoms with Gasteiger partial charge in [0.15, 0.2) is 0 Å². The van der Waals surface area contributed by atoms with Crippen molar-refractivity contribution < 1.29 is 24.2 Å². The molecule has 3 amide bonds. The number of aromatic hydroxyl groups is 1. The van der Waals surface area contributed by atoms with Crippen LogP contribution in [0.1, 0.15) is 104 Å². The Morgan fingerprint density at radius 2 is 1.74 bits per heavy atom. The van der Waals surface area contributed by atoms with Gasteiger partial charge >= 0.3 is 6.09 Å². The topological polar surface area (TPSA) is 108 Å². The van der Waals surface area contributed by atoms with Gasteiger partial charge in [-0.3, -0.25) is 9.59 Å². The smallest absolute Gasteiger partial charge is 0.408 e. The zero-order chi connectivity index (χ0) is 29.3. The lowest BCUT2D eigenvalue weighted by Gasteiger charge is -2.39. The molecule has 8 nitrogen and oxygen atoms in total. The normalized spacial score (nSPS) is 16.7. The lowest BCUT2D eigenvalue weighted by molar-refractivity contribution is -0.145. The van der Waals surface area contributed by atoms with E-state index in [-0.39, 0.29) is 29.5 Å². The van der Waals surface area contributed by atoms with E-state index in [1.54, 1.807) is 45.9 Å². The molecule has 0 aromatic heterocycles. The lowest BCUT2D eigenvalue weighted by Crippen LogP contribution is -2.57. The number of nitrogens with one attached hydrogen (secondary N) is 2. The second-order valence-electron chi connectivity index (χ2n) is 12.2. The van der Waals surface area contributed by atoms with Gasteiger partial charge in [-0.05, 0) is 71.8 Å². The van der Waals surface area contributed by atoms with Gasteiger partial charge in [0.1, 0.15) is 23.4 Å². The molecule has 1 aromatic rings. The molecule has 1 aliphatic carbocycles. The van der Waals surface area contributed by atoms with Crippen LogP contribution in [-0.2, 0) is 14.3 Å². The summed E-state index contributed by atoms with van der Waals surface area (Å²) >= 11 is 4.37. The summed E-state index contributed by atoms with van der Waals surface area (Å²) in [4.78, 5) is 42.4. The molecule has 1 aliphatic rings. The monoisotopic (exact) mass is 563 g/mol. The maximum atomic E-state index is 14.2. The highest BCUT2D eigenvalue weighted by Gasteiger charge is 2.40. The van der Waals surface area contributed by atoms with E-state index in [4.69, 9.17) is 4.74 Å². The minimum atomic E-state index is -1.08. The summed E-state index contributed by atoms with van der Waals surface area (Å²) in [6.07, 6.45) is 5.75. The number of alkyl carbamates (subject to hydrolysis) is 1. The van der Waals surface area contributed by atoms with Crippen molar-refractivity contribution in [2.75, 3.05) is 5.75 Å². The largest absolute Gasteiger partial charge is 0.507 e. The highest BCUT2D eigenvalue weighted by molar-refractivity contribution is 7.80. The first-order valence-corrected chi connectivity index (χ1v) is 14.9. The summed E-state index contributed by atoms with van der Waals surface area (Å²) in [6, 6.07) is 2.80. The Morgan fingerprint density at radius 3 is 2.31 bits per heavy atom. The van der Waals surface area contributed by atoms with E-state index >= 15 is 0 Å². The van der Waals surface area contributed by atoms with Gasteiger partial charge in [-0.2, -0.15) is 12.6 Å². The summed E-state index contributed by atoms with van der Waals surface area (Å²) in [5, 5.41) is 16.9. The van der Waals surface area contributed by atoms with Crippen LogP contribution in [0.4, 0.5) is 4.79 Å². The highest BCUT2D eigenvalue weighted by atomic mass is 32.1. The molecule has 1 fully saturated rings. The van der Waals surface area contributed by atoms with E-state index < -0.39 is 29.7 Å². The van der Waals surface area contributed by atoms with Crippen LogP contribution in [0.2, 0.25) is 0 Å². The van der Waals surface area contributed by atoms with Crippen LogP contribution in [0.15, 0.2) is 18.2 Å². The number of hydrogen-bond donors (Lipinski definition) is 4. The Balaban J connectivity index is 2.55. The lowest BCUT2D eigenvalue weighted by atomic mass is 9.93. The van der Waals surface area contributed by atoms with Crippen molar-refractivity contribution in [2.24, 2.45) is 5.92 Å². The highest BCUT2D eigenvalue weighted by Crippen LogP contribution is 2.35. The number of thiol groups is 1.